The quantitative estimate of drug-likeness (QED) is 0.820. The molecule has 0 aliphatic carbocycles. The van der Waals surface area contributed by atoms with Crippen molar-refractivity contribution in [3.63, 3.8) is 0 Å². The van der Waals surface area contributed by atoms with Crippen LogP contribution in [0.5, 0.6) is 5.75 Å². The van der Waals surface area contributed by atoms with Crippen LogP contribution in [0.25, 0.3) is 0 Å². The first-order valence-electron chi connectivity index (χ1n) is 6.41. The van der Waals surface area contributed by atoms with Crippen molar-refractivity contribution in [1.82, 2.24) is 4.98 Å². The first-order chi connectivity index (χ1) is 11.1. The molecule has 1 aromatic carbocycles. The lowest BCUT2D eigenvalue weighted by molar-refractivity contribution is -0.113. The summed E-state index contributed by atoms with van der Waals surface area (Å²) in [6.07, 6.45) is 1.52. The van der Waals surface area contributed by atoms with Crippen molar-refractivity contribution in [3.8, 4) is 11.8 Å². The molecule has 0 fully saturated rings. The molecule has 0 unspecified atom stereocenters. The largest absolute Gasteiger partial charge is 0.433 e. The molecular weight excluding hydrogens is 324 g/mol. The number of nitrogens with zero attached hydrogens (tertiary/aromatic N) is 2. The molecule has 1 amide bonds. The lowest BCUT2D eigenvalue weighted by Gasteiger charge is -2.11. The van der Waals surface area contributed by atoms with Crippen LogP contribution in [-0.2, 0) is 4.79 Å². The summed E-state index contributed by atoms with van der Waals surface area (Å²) in [6, 6.07) is 11.1. The van der Waals surface area contributed by atoms with E-state index in [9.17, 15) is 13.6 Å². The van der Waals surface area contributed by atoms with Gasteiger partial charge in [-0.25, -0.2) is 4.98 Å². The van der Waals surface area contributed by atoms with Crippen LogP contribution in [0.4, 0.5) is 14.5 Å². The van der Waals surface area contributed by atoms with E-state index in [4.69, 9.17) is 5.26 Å². The van der Waals surface area contributed by atoms with Crippen LogP contribution in [0.15, 0.2) is 47.6 Å². The minimum absolute atomic E-state index is 0.0191. The molecule has 5 nitrogen and oxygen atoms in total. The zero-order valence-electron chi connectivity index (χ0n) is 11.7. The van der Waals surface area contributed by atoms with E-state index in [2.05, 4.69) is 15.0 Å². The summed E-state index contributed by atoms with van der Waals surface area (Å²) in [5.74, 6) is -0.555. The van der Waals surface area contributed by atoms with Gasteiger partial charge in [-0.05, 0) is 24.3 Å². The number of aromatic nitrogens is 1. The summed E-state index contributed by atoms with van der Waals surface area (Å²) in [7, 11) is 0. The van der Waals surface area contributed by atoms with Gasteiger partial charge in [0.15, 0.2) is 0 Å². The summed E-state index contributed by atoms with van der Waals surface area (Å²) in [5.41, 5.74) is 0.520. The summed E-state index contributed by atoms with van der Waals surface area (Å²) in [4.78, 5) is 16.0. The molecule has 8 heteroatoms. The van der Waals surface area contributed by atoms with Crippen molar-refractivity contribution in [3.05, 3.63) is 48.2 Å². The fourth-order valence-electron chi connectivity index (χ4n) is 1.68. The van der Waals surface area contributed by atoms with E-state index < -0.39 is 12.5 Å². The van der Waals surface area contributed by atoms with E-state index in [-0.39, 0.29) is 17.2 Å². The number of nitrogens with one attached hydrogen (secondary N) is 1. The maximum atomic E-state index is 12.3. The molecule has 1 aromatic heterocycles. The van der Waals surface area contributed by atoms with Gasteiger partial charge in [0.05, 0.1) is 17.0 Å². The highest BCUT2D eigenvalue weighted by atomic mass is 32.2. The van der Waals surface area contributed by atoms with E-state index in [0.29, 0.717) is 10.6 Å². The van der Waals surface area contributed by atoms with E-state index in [0.717, 1.165) is 11.8 Å². The lowest BCUT2D eigenvalue weighted by atomic mass is 10.3. The second-order valence-electron chi connectivity index (χ2n) is 4.18. The molecule has 2 rings (SSSR count). The van der Waals surface area contributed by atoms with Gasteiger partial charge in [-0.15, -0.1) is 0 Å². The average molecular weight is 335 g/mol. The third-order valence-corrected chi connectivity index (χ3v) is 3.61. The molecule has 2 aromatic rings. The van der Waals surface area contributed by atoms with Crippen molar-refractivity contribution in [2.45, 2.75) is 11.6 Å². The molecule has 0 spiro atoms. The number of halogens is 2. The Morgan fingerprint density at radius 3 is 2.87 bits per heavy atom. The Labute approximate surface area is 135 Å². The lowest BCUT2D eigenvalue weighted by Crippen LogP contribution is -2.15. The van der Waals surface area contributed by atoms with Crippen LogP contribution in [0.1, 0.15) is 5.56 Å². The van der Waals surface area contributed by atoms with E-state index in [1.807, 2.05) is 6.07 Å². The van der Waals surface area contributed by atoms with E-state index in [1.165, 1.54) is 24.4 Å². The third kappa shape index (κ3) is 4.93. The number of anilines is 1. The summed E-state index contributed by atoms with van der Waals surface area (Å²) >= 11 is 1.08. The minimum Gasteiger partial charge on any atom is -0.433 e. The van der Waals surface area contributed by atoms with Crippen molar-refractivity contribution >= 4 is 23.4 Å². The van der Waals surface area contributed by atoms with Gasteiger partial charge in [-0.3, -0.25) is 4.79 Å². The molecule has 0 aliphatic rings. The van der Waals surface area contributed by atoms with Crippen molar-refractivity contribution in [2.75, 3.05) is 11.1 Å². The normalized spacial score (nSPS) is 10.2. The van der Waals surface area contributed by atoms with Gasteiger partial charge >= 0.3 is 6.61 Å². The Morgan fingerprint density at radius 2 is 2.13 bits per heavy atom. The number of carbonyl (C=O) groups is 1. The minimum atomic E-state index is -2.98. The number of pyridine rings is 1. The van der Waals surface area contributed by atoms with Crippen molar-refractivity contribution < 1.29 is 18.3 Å². The zero-order chi connectivity index (χ0) is 16.7. The number of hydrogen-bond donors (Lipinski definition) is 1. The highest BCUT2D eigenvalue weighted by Gasteiger charge is 2.12. The number of nitriles is 1. The number of alkyl halides is 2. The summed E-state index contributed by atoms with van der Waals surface area (Å²) in [6.45, 7) is -2.98. The SMILES string of the molecule is N#Cc1cccnc1SCC(=O)Nc1ccccc1OC(F)F. The number of carbonyl (C=O) groups excluding carboxylic acids is 1. The Hall–Kier alpha value is -2.66. The third-order valence-electron chi connectivity index (χ3n) is 2.61. The second kappa shape index (κ2) is 8.10. The van der Waals surface area contributed by atoms with Crippen LogP contribution in [-0.4, -0.2) is 23.3 Å². The van der Waals surface area contributed by atoms with Crippen molar-refractivity contribution in [1.29, 1.82) is 5.26 Å². The molecule has 118 valence electrons. The monoisotopic (exact) mass is 335 g/mol. The van der Waals surface area contributed by atoms with Crippen molar-refractivity contribution in [2.24, 2.45) is 0 Å². The van der Waals surface area contributed by atoms with Gasteiger partial charge in [0.2, 0.25) is 5.91 Å². The van der Waals surface area contributed by atoms with Crippen LogP contribution >= 0.6 is 11.8 Å². The first kappa shape index (κ1) is 16.7. The standard InChI is InChI=1S/C15H11F2N3O2S/c16-15(17)22-12-6-2-1-5-11(12)20-13(21)9-23-14-10(8-18)4-3-7-19-14/h1-7,15H,9H2,(H,20,21). The number of amides is 1. The Kier molecular flexibility index (Phi) is 5.88. The fourth-order valence-corrected chi connectivity index (χ4v) is 2.42. The Bertz CT molecular complexity index is 735. The van der Waals surface area contributed by atoms with Gasteiger partial charge in [-0.1, -0.05) is 23.9 Å². The van der Waals surface area contributed by atoms with Gasteiger partial charge in [0, 0.05) is 6.20 Å². The average Bonchev–Trinajstić information content (AvgIpc) is 2.54. The molecule has 23 heavy (non-hydrogen) atoms. The number of hydrogen-bond acceptors (Lipinski definition) is 5. The van der Waals surface area contributed by atoms with Gasteiger partial charge < -0.3 is 10.1 Å². The second-order valence-corrected chi connectivity index (χ2v) is 5.14. The Balaban J connectivity index is 1.99. The number of benzene rings is 1. The zero-order valence-corrected chi connectivity index (χ0v) is 12.5. The predicted molar refractivity (Wildman–Crippen MR) is 81.4 cm³/mol. The van der Waals surface area contributed by atoms with Crippen LogP contribution in [0.3, 0.4) is 0 Å². The molecule has 1 N–H and O–H groups in total. The maximum Gasteiger partial charge on any atom is 0.387 e. The smallest absolute Gasteiger partial charge is 0.387 e. The highest BCUT2D eigenvalue weighted by molar-refractivity contribution is 8.00. The van der Waals surface area contributed by atoms with Crippen LogP contribution < -0.4 is 10.1 Å². The molecule has 0 saturated heterocycles. The van der Waals surface area contributed by atoms with Gasteiger partial charge in [-0.2, -0.15) is 14.0 Å². The van der Waals surface area contributed by atoms with E-state index >= 15 is 0 Å². The number of para-hydroxylation sites is 2. The van der Waals surface area contributed by atoms with E-state index in [1.54, 1.807) is 18.2 Å². The molecule has 0 saturated carbocycles. The van der Waals surface area contributed by atoms with Crippen LogP contribution in [0.2, 0.25) is 0 Å². The number of thioether (sulfide) groups is 1. The van der Waals surface area contributed by atoms with Gasteiger partial charge in [0.1, 0.15) is 16.8 Å². The maximum absolute atomic E-state index is 12.3. The molecule has 1 heterocycles. The molecule has 0 radical (unpaired) electrons. The fraction of sp³-hybridized carbons (Fsp3) is 0.133. The topological polar surface area (TPSA) is 75.0 Å². The summed E-state index contributed by atoms with van der Waals surface area (Å²) in [5, 5.41) is 11.9. The molecule has 0 aliphatic heterocycles. The number of rotatable bonds is 6. The summed E-state index contributed by atoms with van der Waals surface area (Å²) < 4.78 is 29.0. The molecule has 0 bridgehead atoms. The highest BCUT2D eigenvalue weighted by Crippen LogP contribution is 2.26. The predicted octanol–water partition coefficient (Wildman–Crippen LogP) is 3.29. The first-order valence-corrected chi connectivity index (χ1v) is 7.40. The Morgan fingerprint density at radius 1 is 1.35 bits per heavy atom. The van der Waals surface area contributed by atoms with Crippen LogP contribution in [0, 0.1) is 11.3 Å². The molecular formula is C15H11F2N3O2S. The molecule has 0 atom stereocenters. The van der Waals surface area contributed by atoms with Gasteiger partial charge in [0.25, 0.3) is 0 Å². The number of ether oxygens (including phenoxy) is 1.